The van der Waals surface area contributed by atoms with Gasteiger partial charge in [0.25, 0.3) is 0 Å². The van der Waals surface area contributed by atoms with Crippen LogP contribution in [0.3, 0.4) is 0 Å². The van der Waals surface area contributed by atoms with Crippen molar-refractivity contribution in [3.63, 3.8) is 0 Å². The molecule has 1 aromatic carbocycles. The van der Waals surface area contributed by atoms with E-state index in [1.54, 1.807) is 6.92 Å². The van der Waals surface area contributed by atoms with Crippen molar-refractivity contribution in [1.82, 2.24) is 0 Å². The number of anilines is 1. The number of aryl methyl sites for hydroxylation is 1. The highest BCUT2D eigenvalue weighted by atomic mass is 19.1. The molecule has 72 valence electrons. The van der Waals surface area contributed by atoms with Crippen molar-refractivity contribution in [2.45, 2.75) is 6.92 Å². The average Bonchev–Trinajstić information content (AvgIpc) is 2.09. The van der Waals surface area contributed by atoms with Crippen LogP contribution in [0.5, 0.6) is 5.75 Å². The van der Waals surface area contributed by atoms with Gasteiger partial charge in [-0.3, -0.25) is 0 Å². The summed E-state index contributed by atoms with van der Waals surface area (Å²) in [6.07, 6.45) is 0. The van der Waals surface area contributed by atoms with Gasteiger partial charge < -0.3 is 10.5 Å². The van der Waals surface area contributed by atoms with Crippen molar-refractivity contribution in [3.8, 4) is 5.75 Å². The van der Waals surface area contributed by atoms with Crippen molar-refractivity contribution < 1.29 is 13.5 Å². The first-order chi connectivity index (χ1) is 6.15. The Hall–Kier alpha value is -1.32. The van der Waals surface area contributed by atoms with E-state index in [1.165, 1.54) is 12.1 Å². The smallest absolute Gasteiger partial charge is 0.167 e. The number of alkyl halides is 1. The number of hydrogen-bond acceptors (Lipinski definition) is 2. The van der Waals surface area contributed by atoms with Crippen LogP contribution in [-0.4, -0.2) is 13.3 Å². The molecule has 0 saturated carbocycles. The largest absolute Gasteiger partial charge is 0.488 e. The number of nitrogens with two attached hydrogens (primary N) is 1. The maximum atomic E-state index is 13.0. The zero-order valence-electron chi connectivity index (χ0n) is 7.31. The molecule has 1 aromatic rings. The fourth-order valence-electron chi connectivity index (χ4n) is 0.930. The van der Waals surface area contributed by atoms with Gasteiger partial charge in [0, 0.05) is 11.8 Å². The summed E-state index contributed by atoms with van der Waals surface area (Å²) < 4.78 is 29.6. The molecule has 0 heterocycles. The third-order valence-electron chi connectivity index (χ3n) is 1.66. The van der Waals surface area contributed by atoms with Crippen LogP contribution in [0.2, 0.25) is 0 Å². The fourth-order valence-corrected chi connectivity index (χ4v) is 0.930. The van der Waals surface area contributed by atoms with E-state index in [0.29, 0.717) is 5.69 Å². The van der Waals surface area contributed by atoms with Crippen LogP contribution in [-0.2, 0) is 0 Å². The second-order valence-corrected chi connectivity index (χ2v) is 2.68. The van der Waals surface area contributed by atoms with Gasteiger partial charge in [-0.15, -0.1) is 0 Å². The van der Waals surface area contributed by atoms with E-state index >= 15 is 0 Å². The molecule has 0 aliphatic carbocycles. The van der Waals surface area contributed by atoms with Gasteiger partial charge in [0.2, 0.25) is 0 Å². The van der Waals surface area contributed by atoms with Gasteiger partial charge in [-0.05, 0) is 18.6 Å². The van der Waals surface area contributed by atoms with Crippen LogP contribution in [0.4, 0.5) is 14.5 Å². The van der Waals surface area contributed by atoms with E-state index < -0.39 is 12.5 Å². The predicted octanol–water partition coefficient (Wildman–Crippen LogP) is 2.06. The molecule has 4 heteroatoms. The van der Waals surface area contributed by atoms with Gasteiger partial charge in [-0.25, -0.2) is 8.78 Å². The molecule has 0 unspecified atom stereocenters. The topological polar surface area (TPSA) is 35.2 Å². The standard InChI is InChI=1S/C9H11F2NO/c1-6-4-9(13-3-2-10)7(11)5-8(6)12/h4-5H,2-3,12H2,1H3. The molecule has 2 N–H and O–H groups in total. The van der Waals surface area contributed by atoms with Crippen LogP contribution in [0.25, 0.3) is 0 Å². The average molecular weight is 187 g/mol. The molecular weight excluding hydrogens is 176 g/mol. The van der Waals surface area contributed by atoms with Gasteiger partial charge in [-0.1, -0.05) is 0 Å². The monoisotopic (exact) mass is 187 g/mol. The third kappa shape index (κ3) is 2.31. The highest BCUT2D eigenvalue weighted by molar-refractivity contribution is 5.50. The molecule has 0 amide bonds. The molecule has 0 aromatic heterocycles. The Bertz CT molecular complexity index is 302. The number of ether oxygens (including phenoxy) is 1. The van der Waals surface area contributed by atoms with Crippen LogP contribution < -0.4 is 10.5 Å². The maximum Gasteiger partial charge on any atom is 0.167 e. The Morgan fingerprint density at radius 3 is 2.77 bits per heavy atom. The summed E-state index contributed by atoms with van der Waals surface area (Å²) in [6.45, 7) is 0.959. The van der Waals surface area contributed by atoms with Crippen molar-refractivity contribution >= 4 is 5.69 Å². The minimum absolute atomic E-state index is 0.0457. The summed E-state index contributed by atoms with van der Waals surface area (Å²) in [4.78, 5) is 0. The highest BCUT2D eigenvalue weighted by Gasteiger charge is 2.05. The van der Waals surface area contributed by atoms with E-state index in [1.807, 2.05) is 0 Å². The minimum Gasteiger partial charge on any atom is -0.488 e. The first kappa shape index (κ1) is 9.77. The minimum atomic E-state index is -0.636. The second kappa shape index (κ2) is 4.07. The van der Waals surface area contributed by atoms with E-state index in [9.17, 15) is 8.78 Å². The van der Waals surface area contributed by atoms with Crippen molar-refractivity contribution in [2.24, 2.45) is 0 Å². The third-order valence-corrected chi connectivity index (χ3v) is 1.66. The van der Waals surface area contributed by atoms with E-state index in [2.05, 4.69) is 0 Å². The van der Waals surface area contributed by atoms with Gasteiger partial charge in [0.15, 0.2) is 11.6 Å². The van der Waals surface area contributed by atoms with E-state index in [-0.39, 0.29) is 12.4 Å². The van der Waals surface area contributed by atoms with E-state index in [0.717, 1.165) is 5.56 Å². The zero-order chi connectivity index (χ0) is 9.84. The van der Waals surface area contributed by atoms with E-state index in [4.69, 9.17) is 10.5 Å². The van der Waals surface area contributed by atoms with Crippen LogP contribution in [0.15, 0.2) is 12.1 Å². The summed E-state index contributed by atoms with van der Waals surface area (Å²) in [5.74, 6) is -0.513. The normalized spacial score (nSPS) is 10.1. The molecule has 2 nitrogen and oxygen atoms in total. The van der Waals surface area contributed by atoms with Crippen molar-refractivity contribution in [1.29, 1.82) is 0 Å². The lowest BCUT2D eigenvalue weighted by Crippen LogP contribution is -2.02. The molecular formula is C9H11F2NO. The summed E-state index contributed by atoms with van der Waals surface area (Å²) >= 11 is 0. The molecule has 0 bridgehead atoms. The Morgan fingerprint density at radius 1 is 1.46 bits per heavy atom. The molecule has 0 aliphatic rings. The first-order valence-corrected chi connectivity index (χ1v) is 3.89. The Morgan fingerprint density at radius 2 is 2.15 bits per heavy atom. The van der Waals surface area contributed by atoms with Crippen LogP contribution in [0.1, 0.15) is 5.56 Å². The lowest BCUT2D eigenvalue weighted by Gasteiger charge is -2.07. The summed E-state index contributed by atoms with van der Waals surface area (Å²) in [6, 6.07) is 2.63. The number of halogens is 2. The number of benzene rings is 1. The van der Waals surface area contributed by atoms with Crippen molar-refractivity contribution in [2.75, 3.05) is 19.0 Å². The van der Waals surface area contributed by atoms with Gasteiger partial charge in [0.05, 0.1) is 0 Å². The maximum absolute atomic E-state index is 13.0. The van der Waals surface area contributed by atoms with Crippen LogP contribution in [0, 0.1) is 12.7 Å². The van der Waals surface area contributed by atoms with Gasteiger partial charge >= 0.3 is 0 Å². The Labute approximate surface area is 75.3 Å². The lowest BCUT2D eigenvalue weighted by atomic mass is 10.2. The number of nitrogen functional groups attached to an aromatic ring is 1. The molecule has 0 radical (unpaired) electrons. The molecule has 0 fully saturated rings. The Balaban J connectivity index is 2.88. The highest BCUT2D eigenvalue weighted by Crippen LogP contribution is 2.23. The fraction of sp³-hybridized carbons (Fsp3) is 0.333. The molecule has 0 saturated heterocycles. The first-order valence-electron chi connectivity index (χ1n) is 3.89. The Kier molecular flexibility index (Phi) is 3.06. The second-order valence-electron chi connectivity index (χ2n) is 2.68. The summed E-state index contributed by atoms with van der Waals surface area (Å²) in [7, 11) is 0. The number of hydrogen-bond donors (Lipinski definition) is 1. The van der Waals surface area contributed by atoms with Crippen molar-refractivity contribution in [3.05, 3.63) is 23.5 Å². The summed E-state index contributed by atoms with van der Waals surface area (Å²) in [5.41, 5.74) is 6.53. The predicted molar refractivity (Wildman–Crippen MR) is 47.0 cm³/mol. The zero-order valence-corrected chi connectivity index (χ0v) is 7.31. The molecule has 0 atom stereocenters. The molecule has 0 aliphatic heterocycles. The lowest BCUT2D eigenvalue weighted by molar-refractivity contribution is 0.262. The number of rotatable bonds is 3. The molecule has 0 spiro atoms. The SMILES string of the molecule is Cc1cc(OCCF)c(F)cc1N. The van der Waals surface area contributed by atoms with Gasteiger partial charge in [-0.2, -0.15) is 0 Å². The van der Waals surface area contributed by atoms with Gasteiger partial charge in [0.1, 0.15) is 13.3 Å². The molecule has 13 heavy (non-hydrogen) atoms. The summed E-state index contributed by atoms with van der Waals surface area (Å²) in [5, 5.41) is 0. The molecule has 1 rings (SSSR count). The quantitative estimate of drug-likeness (QED) is 0.735. The van der Waals surface area contributed by atoms with Crippen LogP contribution >= 0.6 is 0 Å².